The lowest BCUT2D eigenvalue weighted by atomic mass is 10.0. The fraction of sp³-hybridized carbons (Fsp3) is 0.304. The standard InChI is InChI=1S/C23H28FNO2/c1-5-22(25(4)20-11-12-21(24)17(2)15-20)18(3)23(13-14-26)27-16-19-9-7-6-8-10-19/h5-12,15,23,26H,1,13-14,16H2,2-4H3/b22-18-. The summed E-state index contributed by atoms with van der Waals surface area (Å²) in [6.45, 7) is 8.16. The number of halogens is 1. The second-order valence-electron chi connectivity index (χ2n) is 6.56. The van der Waals surface area contributed by atoms with Gasteiger partial charge in [-0.15, -0.1) is 0 Å². The number of nitrogens with zero attached hydrogens (tertiary/aromatic N) is 1. The molecular weight excluding hydrogens is 341 g/mol. The summed E-state index contributed by atoms with van der Waals surface area (Å²) in [6.07, 6.45) is 2.02. The largest absolute Gasteiger partial charge is 0.396 e. The van der Waals surface area contributed by atoms with Crippen LogP contribution in [0.4, 0.5) is 10.1 Å². The molecule has 27 heavy (non-hydrogen) atoms. The van der Waals surface area contributed by atoms with Crippen molar-refractivity contribution in [3.8, 4) is 0 Å². The number of benzene rings is 2. The number of aliphatic hydroxyl groups is 1. The molecule has 144 valence electrons. The highest BCUT2D eigenvalue weighted by atomic mass is 19.1. The van der Waals surface area contributed by atoms with Crippen LogP contribution in [0, 0.1) is 12.7 Å². The number of anilines is 1. The van der Waals surface area contributed by atoms with E-state index in [-0.39, 0.29) is 18.5 Å². The number of likely N-dealkylation sites (N-methyl/N-ethyl adjacent to an activating group) is 1. The molecule has 1 atom stereocenters. The number of rotatable bonds is 9. The molecule has 0 aliphatic carbocycles. The van der Waals surface area contributed by atoms with Gasteiger partial charge in [-0.05, 0) is 54.8 Å². The van der Waals surface area contributed by atoms with Crippen molar-refractivity contribution in [2.24, 2.45) is 0 Å². The molecule has 0 radical (unpaired) electrons. The highest BCUT2D eigenvalue weighted by Gasteiger charge is 2.17. The molecule has 2 aromatic rings. The quantitative estimate of drug-likeness (QED) is 0.632. The Morgan fingerprint density at radius 2 is 1.96 bits per heavy atom. The van der Waals surface area contributed by atoms with Gasteiger partial charge in [0.15, 0.2) is 0 Å². The molecule has 0 aliphatic heterocycles. The van der Waals surface area contributed by atoms with Crippen LogP contribution in [0.1, 0.15) is 24.5 Å². The van der Waals surface area contributed by atoms with Crippen LogP contribution in [0.25, 0.3) is 0 Å². The molecule has 0 amide bonds. The summed E-state index contributed by atoms with van der Waals surface area (Å²) in [6, 6.07) is 14.9. The average Bonchev–Trinajstić information content (AvgIpc) is 2.68. The number of ether oxygens (including phenoxy) is 1. The van der Waals surface area contributed by atoms with Gasteiger partial charge in [0.1, 0.15) is 5.82 Å². The minimum absolute atomic E-state index is 0.0284. The van der Waals surface area contributed by atoms with E-state index in [1.807, 2.05) is 49.2 Å². The summed E-state index contributed by atoms with van der Waals surface area (Å²) >= 11 is 0. The van der Waals surface area contributed by atoms with Crippen molar-refractivity contribution >= 4 is 5.69 Å². The van der Waals surface area contributed by atoms with E-state index in [1.54, 1.807) is 25.1 Å². The van der Waals surface area contributed by atoms with Crippen molar-refractivity contribution in [3.63, 3.8) is 0 Å². The highest BCUT2D eigenvalue weighted by molar-refractivity contribution is 5.56. The molecular formula is C23H28FNO2. The Morgan fingerprint density at radius 1 is 1.26 bits per heavy atom. The van der Waals surface area contributed by atoms with Crippen LogP contribution in [-0.2, 0) is 11.3 Å². The van der Waals surface area contributed by atoms with Crippen molar-refractivity contribution in [2.75, 3.05) is 18.6 Å². The summed E-state index contributed by atoms with van der Waals surface area (Å²) in [4.78, 5) is 1.96. The van der Waals surface area contributed by atoms with Gasteiger partial charge in [-0.25, -0.2) is 4.39 Å². The van der Waals surface area contributed by atoms with Crippen LogP contribution < -0.4 is 4.90 Å². The van der Waals surface area contributed by atoms with Crippen molar-refractivity contribution in [1.82, 2.24) is 0 Å². The minimum atomic E-state index is -0.243. The lowest BCUT2D eigenvalue weighted by Gasteiger charge is -2.27. The molecule has 2 aromatic carbocycles. The molecule has 0 spiro atoms. The molecule has 2 rings (SSSR count). The first kappa shape index (κ1) is 20.9. The zero-order valence-corrected chi connectivity index (χ0v) is 16.3. The van der Waals surface area contributed by atoms with E-state index in [4.69, 9.17) is 4.74 Å². The van der Waals surface area contributed by atoms with E-state index in [9.17, 15) is 9.50 Å². The van der Waals surface area contributed by atoms with Crippen LogP contribution >= 0.6 is 0 Å². The Balaban J connectivity index is 2.26. The van der Waals surface area contributed by atoms with Gasteiger partial charge in [0.25, 0.3) is 0 Å². The Labute approximate surface area is 161 Å². The Kier molecular flexibility index (Phi) is 7.77. The first-order valence-corrected chi connectivity index (χ1v) is 9.07. The predicted molar refractivity (Wildman–Crippen MR) is 109 cm³/mol. The summed E-state index contributed by atoms with van der Waals surface area (Å²) < 4.78 is 19.7. The molecule has 0 aromatic heterocycles. The first-order chi connectivity index (χ1) is 13.0. The zero-order chi connectivity index (χ0) is 19.8. The SMILES string of the molecule is C=C/C(=C(\C)C(CCO)OCc1ccccc1)N(C)c1ccc(F)c(C)c1. The predicted octanol–water partition coefficient (Wildman–Crippen LogP) is 5.00. The van der Waals surface area contributed by atoms with Gasteiger partial charge >= 0.3 is 0 Å². The summed E-state index contributed by atoms with van der Waals surface area (Å²) in [5.74, 6) is -0.225. The lowest BCUT2D eigenvalue weighted by Crippen LogP contribution is -2.24. The van der Waals surface area contributed by atoms with Gasteiger partial charge in [0, 0.05) is 31.5 Å². The van der Waals surface area contributed by atoms with Gasteiger partial charge in [-0.1, -0.05) is 36.9 Å². The molecule has 4 heteroatoms. The number of allylic oxidation sites excluding steroid dienone is 1. The fourth-order valence-electron chi connectivity index (χ4n) is 3.02. The molecule has 0 fully saturated rings. The van der Waals surface area contributed by atoms with Gasteiger partial charge in [-0.2, -0.15) is 0 Å². The van der Waals surface area contributed by atoms with Crippen LogP contribution in [0.15, 0.2) is 72.5 Å². The van der Waals surface area contributed by atoms with Crippen molar-refractivity contribution < 1.29 is 14.2 Å². The molecule has 0 bridgehead atoms. The second-order valence-corrected chi connectivity index (χ2v) is 6.56. The Morgan fingerprint density at radius 3 is 2.56 bits per heavy atom. The van der Waals surface area contributed by atoms with Crippen LogP contribution in [0.5, 0.6) is 0 Å². The zero-order valence-electron chi connectivity index (χ0n) is 16.3. The fourth-order valence-corrected chi connectivity index (χ4v) is 3.02. The van der Waals surface area contributed by atoms with Crippen molar-refractivity contribution in [2.45, 2.75) is 33.0 Å². The maximum absolute atomic E-state index is 13.6. The molecule has 0 heterocycles. The van der Waals surface area contributed by atoms with E-state index in [1.165, 1.54) is 6.07 Å². The number of hydrogen-bond donors (Lipinski definition) is 1. The van der Waals surface area contributed by atoms with E-state index in [2.05, 4.69) is 6.58 Å². The van der Waals surface area contributed by atoms with Gasteiger partial charge in [0.2, 0.25) is 0 Å². The van der Waals surface area contributed by atoms with E-state index < -0.39 is 0 Å². The van der Waals surface area contributed by atoms with Crippen molar-refractivity contribution in [3.05, 3.63) is 89.4 Å². The van der Waals surface area contributed by atoms with E-state index >= 15 is 0 Å². The maximum Gasteiger partial charge on any atom is 0.126 e. The van der Waals surface area contributed by atoms with E-state index in [0.29, 0.717) is 18.6 Å². The Hall–Kier alpha value is -2.43. The van der Waals surface area contributed by atoms with Crippen LogP contribution in [0.2, 0.25) is 0 Å². The van der Waals surface area contributed by atoms with Gasteiger partial charge < -0.3 is 14.7 Å². The smallest absolute Gasteiger partial charge is 0.126 e. The lowest BCUT2D eigenvalue weighted by molar-refractivity contribution is 0.0466. The number of aryl methyl sites for hydroxylation is 1. The van der Waals surface area contributed by atoms with Gasteiger partial charge in [-0.3, -0.25) is 0 Å². The third-order valence-corrected chi connectivity index (χ3v) is 4.66. The topological polar surface area (TPSA) is 32.7 Å². The third kappa shape index (κ3) is 5.52. The van der Waals surface area contributed by atoms with Gasteiger partial charge in [0.05, 0.1) is 12.7 Å². The minimum Gasteiger partial charge on any atom is -0.396 e. The molecule has 0 saturated heterocycles. The first-order valence-electron chi connectivity index (χ1n) is 9.07. The number of hydrogen-bond acceptors (Lipinski definition) is 3. The highest BCUT2D eigenvalue weighted by Crippen LogP contribution is 2.26. The maximum atomic E-state index is 13.6. The van der Waals surface area contributed by atoms with E-state index in [0.717, 1.165) is 22.5 Å². The summed E-state index contributed by atoms with van der Waals surface area (Å²) in [7, 11) is 1.92. The molecule has 0 saturated carbocycles. The van der Waals surface area contributed by atoms with Crippen molar-refractivity contribution in [1.29, 1.82) is 0 Å². The van der Waals surface area contributed by atoms with Crippen LogP contribution in [-0.4, -0.2) is 24.9 Å². The summed E-state index contributed by atoms with van der Waals surface area (Å²) in [5.41, 5.74) is 4.39. The number of aliphatic hydroxyl groups excluding tert-OH is 1. The monoisotopic (exact) mass is 369 g/mol. The Bertz CT molecular complexity index is 786. The normalized spacial score (nSPS) is 13.1. The molecule has 0 aliphatic rings. The molecule has 1 N–H and O–H groups in total. The third-order valence-electron chi connectivity index (χ3n) is 4.66. The molecule has 3 nitrogen and oxygen atoms in total. The second kappa shape index (κ2) is 10.0. The molecule has 1 unspecified atom stereocenters. The summed E-state index contributed by atoms with van der Waals surface area (Å²) in [5, 5.41) is 9.48. The average molecular weight is 369 g/mol. The van der Waals surface area contributed by atoms with Crippen LogP contribution in [0.3, 0.4) is 0 Å².